The highest BCUT2D eigenvalue weighted by molar-refractivity contribution is 8.15. The second kappa shape index (κ2) is 14.0. The van der Waals surface area contributed by atoms with Gasteiger partial charge in [-0.1, -0.05) is 68.1 Å². The summed E-state index contributed by atoms with van der Waals surface area (Å²) in [7, 11) is 0. The molecule has 13 heteroatoms. The molecule has 238 valence electrons. The minimum Gasteiger partial charge on any atom is -0.406 e. The van der Waals surface area contributed by atoms with Crippen LogP contribution in [0.25, 0.3) is 23.2 Å². The highest BCUT2D eigenvalue weighted by Gasteiger charge is 2.33. The average molecular weight is 649 g/mol. The van der Waals surface area contributed by atoms with Gasteiger partial charge in [-0.15, -0.1) is 18.3 Å². The van der Waals surface area contributed by atoms with Gasteiger partial charge in [0.1, 0.15) is 12.1 Å². The smallest absolute Gasteiger partial charge is 0.406 e. The summed E-state index contributed by atoms with van der Waals surface area (Å²) >= 11 is 1.25. The van der Waals surface area contributed by atoms with E-state index in [1.54, 1.807) is 4.90 Å². The van der Waals surface area contributed by atoms with Crippen molar-refractivity contribution in [1.82, 2.24) is 20.1 Å². The molecule has 2 heterocycles. The van der Waals surface area contributed by atoms with E-state index in [0.717, 1.165) is 27.9 Å². The molecular formula is C33H31F3N6O3S. The fourth-order valence-corrected chi connectivity index (χ4v) is 5.59. The van der Waals surface area contributed by atoms with Gasteiger partial charge in [-0.05, 0) is 72.4 Å². The van der Waals surface area contributed by atoms with Crippen LogP contribution in [0, 0.1) is 6.92 Å². The molecule has 46 heavy (non-hydrogen) atoms. The summed E-state index contributed by atoms with van der Waals surface area (Å²) in [6.45, 7) is 6.44. The monoisotopic (exact) mass is 648 g/mol. The molecule has 1 N–H and O–H groups in total. The van der Waals surface area contributed by atoms with Crippen LogP contribution in [0.15, 0.2) is 84.1 Å². The topological polar surface area (TPSA) is 102 Å². The van der Waals surface area contributed by atoms with E-state index in [2.05, 4.69) is 39.0 Å². The van der Waals surface area contributed by atoms with Crippen molar-refractivity contribution in [1.29, 1.82) is 0 Å². The zero-order valence-electron chi connectivity index (χ0n) is 25.3. The number of carbonyl (C=O) groups is 2. The van der Waals surface area contributed by atoms with E-state index in [0.29, 0.717) is 29.6 Å². The van der Waals surface area contributed by atoms with Crippen molar-refractivity contribution >= 4 is 40.6 Å². The second-order valence-corrected chi connectivity index (χ2v) is 11.7. The molecule has 4 aromatic rings. The van der Waals surface area contributed by atoms with E-state index in [1.807, 2.05) is 61.5 Å². The second-order valence-electron chi connectivity index (χ2n) is 10.7. The molecule has 1 aliphatic heterocycles. The van der Waals surface area contributed by atoms with Crippen molar-refractivity contribution in [3.8, 4) is 22.8 Å². The lowest BCUT2D eigenvalue weighted by atomic mass is 9.99. The predicted octanol–water partition coefficient (Wildman–Crippen LogP) is 7.51. The van der Waals surface area contributed by atoms with Gasteiger partial charge in [0.2, 0.25) is 5.91 Å². The van der Waals surface area contributed by atoms with Crippen molar-refractivity contribution in [3.63, 3.8) is 0 Å². The minimum absolute atomic E-state index is 0.107. The molecule has 0 unspecified atom stereocenters. The molecule has 0 aliphatic carbocycles. The molecule has 0 bridgehead atoms. The van der Waals surface area contributed by atoms with Gasteiger partial charge in [0, 0.05) is 12.1 Å². The Morgan fingerprint density at radius 2 is 1.91 bits per heavy atom. The van der Waals surface area contributed by atoms with Crippen LogP contribution in [0.2, 0.25) is 0 Å². The van der Waals surface area contributed by atoms with Crippen LogP contribution in [0.4, 0.5) is 23.7 Å². The summed E-state index contributed by atoms with van der Waals surface area (Å²) in [4.78, 5) is 35.5. The lowest BCUT2D eigenvalue weighted by Crippen LogP contribution is -2.32. The molecule has 0 atom stereocenters. The summed E-state index contributed by atoms with van der Waals surface area (Å²) in [5, 5.41) is 7.60. The maximum Gasteiger partial charge on any atom is 0.573 e. The Kier molecular flexibility index (Phi) is 9.90. The summed E-state index contributed by atoms with van der Waals surface area (Å²) in [6, 6.07) is 18.3. The first-order valence-corrected chi connectivity index (χ1v) is 15.4. The van der Waals surface area contributed by atoms with Crippen molar-refractivity contribution in [2.75, 3.05) is 17.2 Å². The minimum atomic E-state index is -4.76. The van der Waals surface area contributed by atoms with Gasteiger partial charge in [-0.3, -0.25) is 9.69 Å². The van der Waals surface area contributed by atoms with Crippen molar-refractivity contribution in [2.24, 2.45) is 4.99 Å². The number of hydrogen-bond donors (Lipinski definition) is 1. The summed E-state index contributed by atoms with van der Waals surface area (Å²) in [5.74, 6) is 0.438. The predicted molar refractivity (Wildman–Crippen MR) is 173 cm³/mol. The maximum atomic E-state index is 12.8. The Bertz CT molecular complexity index is 1780. The van der Waals surface area contributed by atoms with Crippen LogP contribution < -0.4 is 15.0 Å². The number of rotatable bonds is 9. The maximum absolute atomic E-state index is 12.8. The molecular weight excluding hydrogens is 617 g/mol. The molecule has 1 fully saturated rings. The van der Waals surface area contributed by atoms with Crippen LogP contribution in [-0.4, -0.2) is 50.5 Å². The number of benzene rings is 3. The quantitative estimate of drug-likeness (QED) is 0.189. The third-order valence-electron chi connectivity index (χ3n) is 6.88. The van der Waals surface area contributed by atoms with Crippen molar-refractivity contribution in [2.45, 2.75) is 39.5 Å². The molecule has 3 aromatic carbocycles. The number of amides is 3. The Morgan fingerprint density at radius 3 is 2.65 bits per heavy atom. The number of carbonyl (C=O) groups excluding carboxylic acids is 2. The molecule has 1 aromatic heterocycles. The zero-order valence-corrected chi connectivity index (χ0v) is 26.1. The Hall–Kier alpha value is -4.91. The standard InChI is InChI=1S/C33H31F3N6O3S/c1-21(2)27-15-10-22(3)17-28(27)42-29(43)19-46-32(42)39-31(44)37-16-5-4-7-23-8-6-9-24(18-23)30-38-20-41(40-30)25-11-13-26(14-12-25)45-33(34,35)36/h4,6-15,17-18,20-21H,5,16,19H2,1-3H3,(H,37,44). The van der Waals surface area contributed by atoms with E-state index in [-0.39, 0.29) is 23.3 Å². The normalized spacial score (nSPS) is 14.5. The molecule has 5 rings (SSSR count). The van der Waals surface area contributed by atoms with Crippen LogP contribution in [-0.2, 0) is 4.79 Å². The Balaban J connectivity index is 1.16. The first-order chi connectivity index (χ1) is 22.0. The summed E-state index contributed by atoms with van der Waals surface area (Å²) in [6.07, 6.45) is 1.10. The molecule has 0 radical (unpaired) electrons. The first-order valence-electron chi connectivity index (χ1n) is 14.4. The number of thioether (sulfide) groups is 1. The van der Waals surface area contributed by atoms with Gasteiger partial charge in [0.25, 0.3) is 0 Å². The van der Waals surface area contributed by atoms with E-state index in [9.17, 15) is 22.8 Å². The number of urea groups is 1. The number of aliphatic imine (C=N–C) groups is 1. The van der Waals surface area contributed by atoms with Gasteiger partial charge >= 0.3 is 12.4 Å². The highest BCUT2D eigenvalue weighted by atomic mass is 32.2. The van der Waals surface area contributed by atoms with E-state index in [1.165, 1.54) is 47.0 Å². The fourth-order valence-electron chi connectivity index (χ4n) is 4.73. The third-order valence-corrected chi connectivity index (χ3v) is 7.80. The van der Waals surface area contributed by atoms with Gasteiger partial charge in [-0.2, -0.15) is 4.99 Å². The number of halogens is 3. The summed E-state index contributed by atoms with van der Waals surface area (Å²) in [5.41, 5.74) is 4.97. The summed E-state index contributed by atoms with van der Waals surface area (Å²) < 4.78 is 42.7. The van der Waals surface area contributed by atoms with Crippen LogP contribution in [0.3, 0.4) is 0 Å². The van der Waals surface area contributed by atoms with Crippen LogP contribution >= 0.6 is 11.8 Å². The number of alkyl halides is 3. The number of hydrogen-bond acceptors (Lipinski definition) is 6. The number of aromatic nitrogens is 3. The van der Waals surface area contributed by atoms with E-state index in [4.69, 9.17) is 0 Å². The number of anilines is 1. The Labute approximate surface area is 268 Å². The lowest BCUT2D eigenvalue weighted by Gasteiger charge is -2.22. The number of nitrogens with one attached hydrogen (secondary N) is 1. The van der Waals surface area contributed by atoms with Crippen molar-refractivity contribution in [3.05, 3.63) is 95.8 Å². The van der Waals surface area contributed by atoms with Gasteiger partial charge in [-0.25, -0.2) is 14.5 Å². The largest absolute Gasteiger partial charge is 0.573 e. The van der Waals surface area contributed by atoms with E-state index >= 15 is 0 Å². The number of aryl methyl sites for hydroxylation is 1. The fraction of sp³-hybridized carbons (Fsp3) is 0.242. The van der Waals surface area contributed by atoms with Gasteiger partial charge in [0.15, 0.2) is 11.0 Å². The van der Waals surface area contributed by atoms with Crippen LogP contribution in [0.5, 0.6) is 5.75 Å². The van der Waals surface area contributed by atoms with Gasteiger partial charge < -0.3 is 10.1 Å². The molecule has 1 aliphatic rings. The zero-order chi connectivity index (χ0) is 32.8. The molecule has 1 saturated heterocycles. The lowest BCUT2D eigenvalue weighted by molar-refractivity contribution is -0.274. The number of nitrogens with zero attached hydrogens (tertiary/aromatic N) is 5. The average Bonchev–Trinajstić information content (AvgIpc) is 3.63. The highest BCUT2D eigenvalue weighted by Crippen LogP contribution is 2.34. The number of ether oxygens (including phenoxy) is 1. The SMILES string of the molecule is Cc1ccc(C(C)C)c(N2C(=O)CSC2=NC(=O)NCCC=Cc2cccc(-c3ncn(-c4ccc(OC(F)(F)F)cc4)n3)c2)c1. The first kappa shape index (κ1) is 32.5. The van der Waals surface area contributed by atoms with Crippen molar-refractivity contribution < 1.29 is 27.5 Å². The number of amidine groups is 1. The Morgan fingerprint density at radius 1 is 1.13 bits per heavy atom. The molecule has 9 nitrogen and oxygen atoms in total. The van der Waals surface area contributed by atoms with Crippen LogP contribution in [0.1, 0.15) is 42.9 Å². The van der Waals surface area contributed by atoms with Gasteiger partial charge in [0.05, 0.1) is 17.1 Å². The molecule has 0 saturated carbocycles. The third kappa shape index (κ3) is 8.21. The molecule has 0 spiro atoms. The molecule has 3 amide bonds. The van der Waals surface area contributed by atoms with E-state index < -0.39 is 12.4 Å².